The zero-order valence-corrected chi connectivity index (χ0v) is 19.6. The zero-order valence-electron chi connectivity index (χ0n) is 19.6. The predicted octanol–water partition coefficient (Wildman–Crippen LogP) is 3.69. The Morgan fingerprint density at radius 2 is 1.59 bits per heavy atom. The number of amides is 2. The summed E-state index contributed by atoms with van der Waals surface area (Å²) in [5.41, 5.74) is 4.60. The Hall–Kier alpha value is -3.39. The van der Waals surface area contributed by atoms with E-state index in [9.17, 15) is 19.5 Å². The van der Waals surface area contributed by atoms with E-state index in [4.69, 9.17) is 9.47 Å². The van der Waals surface area contributed by atoms with Crippen molar-refractivity contribution in [2.45, 2.75) is 50.6 Å². The summed E-state index contributed by atoms with van der Waals surface area (Å²) in [5.74, 6) is -1.47. The van der Waals surface area contributed by atoms with Crippen LogP contribution in [0, 0.1) is 0 Å². The van der Waals surface area contributed by atoms with E-state index in [1.807, 2.05) is 24.3 Å². The summed E-state index contributed by atoms with van der Waals surface area (Å²) in [7, 11) is 1.54. The molecule has 0 saturated carbocycles. The van der Waals surface area contributed by atoms with Crippen molar-refractivity contribution in [3.05, 3.63) is 59.7 Å². The van der Waals surface area contributed by atoms with Crippen molar-refractivity contribution in [2.75, 3.05) is 20.3 Å². The van der Waals surface area contributed by atoms with Crippen molar-refractivity contribution in [3.63, 3.8) is 0 Å². The minimum Gasteiger partial charge on any atom is -0.480 e. The van der Waals surface area contributed by atoms with Crippen LogP contribution in [0.15, 0.2) is 48.5 Å². The largest absolute Gasteiger partial charge is 0.480 e. The predicted molar refractivity (Wildman–Crippen MR) is 128 cm³/mol. The zero-order chi connectivity index (χ0) is 24.5. The van der Waals surface area contributed by atoms with Crippen LogP contribution in [0.5, 0.6) is 0 Å². The third-order valence-corrected chi connectivity index (χ3v) is 5.99. The number of hydrogen-bond donors (Lipinski definition) is 3. The number of carboxylic acids is 1. The molecule has 2 aromatic rings. The van der Waals surface area contributed by atoms with Crippen molar-refractivity contribution in [1.29, 1.82) is 0 Å². The van der Waals surface area contributed by atoms with Crippen molar-refractivity contribution < 1.29 is 29.0 Å². The Morgan fingerprint density at radius 1 is 0.971 bits per heavy atom. The van der Waals surface area contributed by atoms with E-state index in [0.717, 1.165) is 22.3 Å². The van der Waals surface area contributed by atoms with Crippen LogP contribution >= 0.6 is 0 Å². The van der Waals surface area contributed by atoms with Crippen molar-refractivity contribution in [1.82, 2.24) is 10.6 Å². The first-order chi connectivity index (χ1) is 16.4. The van der Waals surface area contributed by atoms with E-state index in [2.05, 4.69) is 34.9 Å². The summed E-state index contributed by atoms with van der Waals surface area (Å²) < 4.78 is 10.5. The second-order valence-corrected chi connectivity index (χ2v) is 8.50. The minimum atomic E-state index is -1.07. The average Bonchev–Trinajstić information content (AvgIpc) is 3.14. The van der Waals surface area contributed by atoms with Gasteiger partial charge in [-0.1, -0.05) is 48.5 Å². The molecule has 0 aliphatic heterocycles. The molecule has 34 heavy (non-hydrogen) atoms. The van der Waals surface area contributed by atoms with Gasteiger partial charge in [-0.05, 0) is 48.4 Å². The Balaban J connectivity index is 1.44. The van der Waals surface area contributed by atoms with Crippen LogP contribution in [0.3, 0.4) is 0 Å². The molecule has 3 rings (SSSR count). The molecule has 2 unspecified atom stereocenters. The highest BCUT2D eigenvalue weighted by atomic mass is 16.5. The van der Waals surface area contributed by atoms with Gasteiger partial charge in [0, 0.05) is 32.1 Å². The maximum atomic E-state index is 12.4. The van der Waals surface area contributed by atoms with Gasteiger partial charge in [0.2, 0.25) is 5.91 Å². The van der Waals surface area contributed by atoms with Crippen LogP contribution in [-0.4, -0.2) is 55.5 Å². The van der Waals surface area contributed by atoms with Crippen molar-refractivity contribution >= 4 is 18.0 Å². The lowest BCUT2D eigenvalue weighted by atomic mass is 9.98. The van der Waals surface area contributed by atoms with Crippen molar-refractivity contribution in [2.24, 2.45) is 0 Å². The van der Waals surface area contributed by atoms with E-state index in [-0.39, 0.29) is 30.9 Å². The lowest BCUT2D eigenvalue weighted by Gasteiger charge is -2.18. The molecule has 8 nitrogen and oxygen atoms in total. The second kappa shape index (κ2) is 12.2. The highest BCUT2D eigenvalue weighted by Gasteiger charge is 2.29. The molecule has 0 radical (unpaired) electrons. The molecule has 0 saturated heterocycles. The van der Waals surface area contributed by atoms with E-state index in [0.29, 0.717) is 25.9 Å². The molecule has 1 aliphatic rings. The number of carbonyl (C=O) groups is 3. The smallest absolute Gasteiger partial charge is 0.407 e. The monoisotopic (exact) mass is 468 g/mol. The molecule has 182 valence electrons. The first-order valence-corrected chi connectivity index (χ1v) is 11.5. The molecule has 2 atom stereocenters. The highest BCUT2D eigenvalue weighted by Crippen LogP contribution is 2.44. The van der Waals surface area contributed by atoms with Crippen LogP contribution in [0.4, 0.5) is 4.79 Å². The van der Waals surface area contributed by atoms with Crippen molar-refractivity contribution in [3.8, 4) is 11.1 Å². The molecule has 0 fully saturated rings. The van der Waals surface area contributed by atoms with Crippen LogP contribution in [-0.2, 0) is 19.1 Å². The molecule has 1 aliphatic carbocycles. The van der Waals surface area contributed by atoms with E-state index in [1.54, 1.807) is 14.0 Å². The molecular formula is C26H32N2O6. The molecule has 3 N–H and O–H groups in total. The summed E-state index contributed by atoms with van der Waals surface area (Å²) in [6.45, 7) is 2.43. The second-order valence-electron chi connectivity index (χ2n) is 8.50. The van der Waals surface area contributed by atoms with Gasteiger partial charge < -0.3 is 25.2 Å². The molecule has 0 heterocycles. The van der Waals surface area contributed by atoms with Crippen LogP contribution in [0.1, 0.15) is 49.7 Å². The number of ether oxygens (including phenoxy) is 2. The number of hydrogen-bond acceptors (Lipinski definition) is 5. The first kappa shape index (κ1) is 25.2. The van der Waals surface area contributed by atoms with E-state index in [1.165, 1.54) is 0 Å². The van der Waals surface area contributed by atoms with Gasteiger partial charge in [0.25, 0.3) is 0 Å². The fraction of sp³-hybridized carbons (Fsp3) is 0.423. The number of aliphatic carboxylic acids is 1. The Morgan fingerprint density at radius 3 is 2.18 bits per heavy atom. The van der Waals surface area contributed by atoms with Crippen LogP contribution < -0.4 is 10.6 Å². The fourth-order valence-electron chi connectivity index (χ4n) is 4.22. The third kappa shape index (κ3) is 6.57. The molecule has 2 aromatic carbocycles. The normalized spacial score (nSPS) is 13.9. The number of carbonyl (C=O) groups excluding carboxylic acids is 2. The third-order valence-electron chi connectivity index (χ3n) is 5.99. The SMILES string of the molecule is COCCCC(NC(=O)CCC(C)NC(=O)OCC1c2ccccc2-c2ccccc21)C(=O)O. The van der Waals surface area contributed by atoms with E-state index >= 15 is 0 Å². The highest BCUT2D eigenvalue weighted by molar-refractivity contribution is 5.83. The van der Waals surface area contributed by atoms with Gasteiger partial charge in [0.05, 0.1) is 0 Å². The quantitative estimate of drug-likeness (QED) is 0.410. The van der Waals surface area contributed by atoms with Gasteiger partial charge >= 0.3 is 12.1 Å². The van der Waals surface area contributed by atoms with Gasteiger partial charge in [-0.2, -0.15) is 0 Å². The number of fused-ring (bicyclic) bond motifs is 3. The summed E-state index contributed by atoms with van der Waals surface area (Å²) in [6.07, 6.45) is 0.743. The molecule has 0 spiro atoms. The maximum Gasteiger partial charge on any atom is 0.407 e. The molecular weight excluding hydrogens is 436 g/mol. The standard InChI is InChI=1S/C26H32N2O6/c1-17(13-14-24(29)28-23(25(30)31)12-7-15-33-2)27-26(32)34-16-22-20-10-5-3-8-18(20)19-9-4-6-11-21(19)22/h3-6,8-11,17,22-23H,7,12-16H2,1-2H3,(H,27,32)(H,28,29)(H,30,31). The van der Waals surface area contributed by atoms with Crippen LogP contribution in [0.25, 0.3) is 11.1 Å². The molecule has 0 bridgehead atoms. The Labute approximate surface area is 199 Å². The maximum absolute atomic E-state index is 12.4. The number of methoxy groups -OCH3 is 1. The summed E-state index contributed by atoms with van der Waals surface area (Å²) in [5, 5.41) is 14.5. The number of benzene rings is 2. The van der Waals surface area contributed by atoms with Gasteiger partial charge in [0.15, 0.2) is 0 Å². The first-order valence-electron chi connectivity index (χ1n) is 11.5. The minimum absolute atomic E-state index is 0.0229. The van der Waals surface area contributed by atoms with Crippen LogP contribution in [0.2, 0.25) is 0 Å². The van der Waals surface area contributed by atoms with E-state index < -0.39 is 18.1 Å². The van der Waals surface area contributed by atoms with Gasteiger partial charge in [-0.25, -0.2) is 9.59 Å². The molecule has 0 aromatic heterocycles. The Bertz CT molecular complexity index is 963. The average molecular weight is 469 g/mol. The van der Waals surface area contributed by atoms with Gasteiger partial charge in [0.1, 0.15) is 12.6 Å². The topological polar surface area (TPSA) is 114 Å². The number of rotatable bonds is 12. The fourth-order valence-corrected chi connectivity index (χ4v) is 4.22. The summed E-state index contributed by atoms with van der Waals surface area (Å²) in [6, 6.07) is 15.0. The lowest BCUT2D eigenvalue weighted by Crippen LogP contribution is -2.41. The van der Waals surface area contributed by atoms with Gasteiger partial charge in [-0.15, -0.1) is 0 Å². The number of alkyl carbamates (subject to hydrolysis) is 1. The molecule has 2 amide bonds. The Kier molecular flexibility index (Phi) is 9.04. The number of carboxylic acid groups (broad SMARTS) is 1. The number of nitrogens with one attached hydrogen (secondary N) is 2. The summed E-state index contributed by atoms with van der Waals surface area (Å²) in [4.78, 5) is 35.9. The summed E-state index contributed by atoms with van der Waals surface area (Å²) >= 11 is 0. The molecule has 8 heteroatoms. The lowest BCUT2D eigenvalue weighted by molar-refractivity contribution is -0.142. The van der Waals surface area contributed by atoms with Gasteiger partial charge in [-0.3, -0.25) is 4.79 Å².